The van der Waals surface area contributed by atoms with E-state index in [0.717, 1.165) is 17.0 Å². The van der Waals surface area contributed by atoms with Crippen LogP contribution in [0.4, 0.5) is 11.4 Å². The largest absolute Gasteiger partial charge is 0.491 e. The van der Waals surface area contributed by atoms with E-state index in [0.29, 0.717) is 23.4 Å². The van der Waals surface area contributed by atoms with Gasteiger partial charge in [-0.2, -0.15) is 0 Å². The molecule has 0 aromatic heterocycles. The zero-order valence-electron chi connectivity index (χ0n) is 20.1. The third-order valence-electron chi connectivity index (χ3n) is 5.09. The number of nitrogens with two attached hydrogens (primary N) is 1. The molecule has 0 radical (unpaired) electrons. The van der Waals surface area contributed by atoms with Crippen molar-refractivity contribution in [2.45, 2.75) is 26.5 Å². The lowest BCUT2D eigenvalue weighted by Crippen LogP contribution is -2.33. The van der Waals surface area contributed by atoms with Gasteiger partial charge in [0.1, 0.15) is 11.6 Å². The topological polar surface area (TPSA) is 118 Å². The first-order valence-corrected chi connectivity index (χ1v) is 11.2. The number of nitrogen functional groups attached to an aromatic ring is 1. The number of benzene rings is 3. The van der Waals surface area contributed by atoms with Crippen LogP contribution in [0.2, 0.25) is 0 Å². The van der Waals surface area contributed by atoms with Crippen LogP contribution in [0.3, 0.4) is 0 Å². The van der Waals surface area contributed by atoms with Crippen LogP contribution in [0.25, 0.3) is 0 Å². The second-order valence-electron chi connectivity index (χ2n) is 8.25. The lowest BCUT2D eigenvalue weighted by atomic mass is 10.1. The standard InChI is InChI=1S/C27H30N4O4/c1-18(2)35-24-12-10-22(11-13-24)30-25(32)17-31(23-9-5-7-20(15-23)26(28)29)16-19-6-4-8-21(14-19)27(33)34-3/h4-15,18H,16-17H2,1-3H3,(H3,28,29)(H,30,32). The SMILES string of the molecule is COC(=O)c1cccc(CN(CC(=O)Nc2ccc(OC(C)C)cc2)c2cccc(C(=N)N)c2)c1. The van der Waals surface area contributed by atoms with E-state index in [-0.39, 0.29) is 24.4 Å². The Labute approximate surface area is 205 Å². The predicted molar refractivity (Wildman–Crippen MR) is 137 cm³/mol. The highest BCUT2D eigenvalue weighted by molar-refractivity contribution is 5.97. The molecule has 8 nitrogen and oxygen atoms in total. The second kappa shape index (κ2) is 11.7. The van der Waals surface area contributed by atoms with E-state index in [1.807, 2.05) is 43.0 Å². The Kier molecular flexibility index (Phi) is 8.45. The molecule has 0 heterocycles. The van der Waals surface area contributed by atoms with E-state index in [4.69, 9.17) is 20.6 Å². The number of esters is 1. The van der Waals surface area contributed by atoms with Crippen molar-refractivity contribution in [1.82, 2.24) is 0 Å². The molecule has 0 aliphatic heterocycles. The van der Waals surface area contributed by atoms with E-state index in [1.165, 1.54) is 7.11 Å². The molecule has 8 heteroatoms. The summed E-state index contributed by atoms with van der Waals surface area (Å²) in [5.74, 6) is 0.0123. The van der Waals surface area contributed by atoms with Crippen molar-refractivity contribution in [3.8, 4) is 5.75 Å². The maximum absolute atomic E-state index is 13.0. The first-order chi connectivity index (χ1) is 16.7. The third kappa shape index (κ3) is 7.33. The van der Waals surface area contributed by atoms with Crippen LogP contribution in [0.1, 0.15) is 35.3 Å². The average molecular weight is 475 g/mol. The summed E-state index contributed by atoms with van der Waals surface area (Å²) in [5, 5.41) is 10.7. The maximum Gasteiger partial charge on any atom is 0.337 e. The van der Waals surface area contributed by atoms with Crippen LogP contribution in [0, 0.1) is 5.41 Å². The van der Waals surface area contributed by atoms with Crippen molar-refractivity contribution in [3.05, 3.63) is 89.5 Å². The van der Waals surface area contributed by atoms with E-state index in [1.54, 1.807) is 48.5 Å². The molecule has 0 aliphatic carbocycles. The molecule has 0 spiro atoms. The van der Waals surface area contributed by atoms with Crippen molar-refractivity contribution in [2.24, 2.45) is 5.73 Å². The van der Waals surface area contributed by atoms with Crippen molar-refractivity contribution in [2.75, 3.05) is 23.9 Å². The van der Waals surface area contributed by atoms with Crippen molar-refractivity contribution in [3.63, 3.8) is 0 Å². The minimum Gasteiger partial charge on any atom is -0.491 e. The van der Waals surface area contributed by atoms with E-state index in [2.05, 4.69) is 5.32 Å². The van der Waals surface area contributed by atoms with Gasteiger partial charge in [0.15, 0.2) is 0 Å². The number of rotatable bonds is 10. The first-order valence-electron chi connectivity index (χ1n) is 11.2. The summed E-state index contributed by atoms with van der Waals surface area (Å²) < 4.78 is 10.5. The Hall–Kier alpha value is -4.33. The van der Waals surface area contributed by atoms with Gasteiger partial charge in [0, 0.05) is 23.5 Å². The summed E-state index contributed by atoms with van der Waals surface area (Å²) in [6, 6.07) is 21.4. The van der Waals surface area contributed by atoms with Crippen molar-refractivity contribution in [1.29, 1.82) is 5.41 Å². The lowest BCUT2D eigenvalue weighted by molar-refractivity contribution is -0.115. The van der Waals surface area contributed by atoms with Gasteiger partial charge < -0.3 is 25.4 Å². The number of hydrogen-bond donors (Lipinski definition) is 3. The van der Waals surface area contributed by atoms with Gasteiger partial charge in [-0.05, 0) is 67.9 Å². The van der Waals surface area contributed by atoms with Crippen LogP contribution < -0.4 is 20.7 Å². The van der Waals surface area contributed by atoms with Gasteiger partial charge in [-0.3, -0.25) is 10.2 Å². The maximum atomic E-state index is 13.0. The van der Waals surface area contributed by atoms with Gasteiger partial charge in [0.25, 0.3) is 0 Å². The fourth-order valence-corrected chi connectivity index (χ4v) is 3.51. The number of nitrogens with zero attached hydrogens (tertiary/aromatic N) is 1. The summed E-state index contributed by atoms with van der Waals surface area (Å²) in [5.41, 5.74) is 8.84. The Balaban J connectivity index is 1.81. The first kappa shape index (κ1) is 25.3. The number of nitrogens with one attached hydrogen (secondary N) is 2. The predicted octanol–water partition coefficient (Wildman–Crippen LogP) is 4.19. The number of carbonyl (C=O) groups is 2. The molecule has 3 aromatic carbocycles. The fourth-order valence-electron chi connectivity index (χ4n) is 3.51. The Morgan fingerprint density at radius 2 is 1.69 bits per heavy atom. The average Bonchev–Trinajstić information content (AvgIpc) is 2.84. The van der Waals surface area contributed by atoms with Crippen LogP contribution >= 0.6 is 0 Å². The minimum atomic E-state index is -0.431. The van der Waals surface area contributed by atoms with Crippen LogP contribution in [-0.2, 0) is 16.1 Å². The van der Waals surface area contributed by atoms with E-state index in [9.17, 15) is 9.59 Å². The fraction of sp³-hybridized carbons (Fsp3) is 0.222. The number of amides is 1. The third-order valence-corrected chi connectivity index (χ3v) is 5.09. The molecule has 0 fully saturated rings. The smallest absolute Gasteiger partial charge is 0.337 e. The number of hydrogen-bond acceptors (Lipinski definition) is 6. The molecular weight excluding hydrogens is 444 g/mol. The van der Waals surface area contributed by atoms with Crippen LogP contribution in [0.5, 0.6) is 5.75 Å². The number of ether oxygens (including phenoxy) is 2. The van der Waals surface area contributed by atoms with Gasteiger partial charge in [-0.25, -0.2) is 4.79 Å². The van der Waals surface area contributed by atoms with E-state index >= 15 is 0 Å². The van der Waals surface area contributed by atoms with Crippen LogP contribution in [-0.4, -0.2) is 37.5 Å². The molecule has 4 N–H and O–H groups in total. The number of anilines is 2. The molecule has 0 atom stereocenters. The zero-order valence-corrected chi connectivity index (χ0v) is 20.1. The molecular formula is C27H30N4O4. The van der Waals surface area contributed by atoms with Gasteiger partial charge in [0.2, 0.25) is 5.91 Å². The molecule has 0 bridgehead atoms. The monoisotopic (exact) mass is 474 g/mol. The highest BCUT2D eigenvalue weighted by atomic mass is 16.5. The summed E-state index contributed by atoms with van der Waals surface area (Å²) in [4.78, 5) is 26.8. The molecule has 3 rings (SSSR count). The summed E-state index contributed by atoms with van der Waals surface area (Å²) in [6.45, 7) is 4.29. The summed E-state index contributed by atoms with van der Waals surface area (Å²) in [7, 11) is 1.33. The Bertz CT molecular complexity index is 1190. The molecule has 3 aromatic rings. The quantitative estimate of drug-likeness (QED) is 0.230. The lowest BCUT2D eigenvalue weighted by Gasteiger charge is -2.25. The number of methoxy groups -OCH3 is 1. The van der Waals surface area contributed by atoms with Gasteiger partial charge in [-0.15, -0.1) is 0 Å². The molecule has 0 saturated heterocycles. The summed E-state index contributed by atoms with van der Waals surface area (Å²) in [6.07, 6.45) is 0.0625. The normalized spacial score (nSPS) is 10.5. The van der Waals surface area contributed by atoms with E-state index < -0.39 is 5.97 Å². The van der Waals surface area contributed by atoms with Gasteiger partial charge >= 0.3 is 5.97 Å². The molecule has 0 unspecified atom stereocenters. The Morgan fingerprint density at radius 3 is 2.34 bits per heavy atom. The number of amidine groups is 1. The second-order valence-corrected chi connectivity index (χ2v) is 8.25. The molecule has 1 amide bonds. The highest BCUT2D eigenvalue weighted by Crippen LogP contribution is 2.21. The van der Waals surface area contributed by atoms with Crippen LogP contribution in [0.15, 0.2) is 72.8 Å². The zero-order chi connectivity index (χ0) is 25.4. The number of carbonyl (C=O) groups excluding carboxylic acids is 2. The van der Waals surface area contributed by atoms with Crippen molar-refractivity contribution < 1.29 is 19.1 Å². The molecule has 182 valence electrons. The van der Waals surface area contributed by atoms with Crippen molar-refractivity contribution >= 4 is 29.1 Å². The summed E-state index contributed by atoms with van der Waals surface area (Å²) >= 11 is 0. The Morgan fingerprint density at radius 1 is 1.00 bits per heavy atom. The molecule has 35 heavy (non-hydrogen) atoms. The van der Waals surface area contributed by atoms with Gasteiger partial charge in [-0.1, -0.05) is 24.3 Å². The molecule has 0 saturated carbocycles. The minimum absolute atomic E-state index is 0.0358. The van der Waals surface area contributed by atoms with Gasteiger partial charge in [0.05, 0.1) is 25.3 Å². The highest BCUT2D eigenvalue weighted by Gasteiger charge is 2.15. The molecule has 0 aliphatic rings.